The summed E-state index contributed by atoms with van der Waals surface area (Å²) in [6.45, 7) is 7.28. The highest BCUT2D eigenvalue weighted by molar-refractivity contribution is 5.98. The molecule has 0 saturated carbocycles. The number of primary amides is 1. The first-order chi connectivity index (χ1) is 12.7. The average Bonchev–Trinajstić information content (AvgIpc) is 2.60. The molecule has 5 heteroatoms. The van der Waals surface area contributed by atoms with Gasteiger partial charge in [-0.1, -0.05) is 37.3 Å². The number of hydrogen-bond acceptors (Lipinski definition) is 3. The first-order valence-electron chi connectivity index (χ1n) is 8.91. The lowest BCUT2D eigenvalue weighted by molar-refractivity contribution is -0.127. The van der Waals surface area contributed by atoms with Crippen molar-refractivity contribution in [2.24, 2.45) is 11.7 Å². The molecule has 1 heterocycles. The van der Waals surface area contributed by atoms with Crippen LogP contribution in [0.5, 0.6) is 5.75 Å². The van der Waals surface area contributed by atoms with Gasteiger partial charge in [0, 0.05) is 24.5 Å². The van der Waals surface area contributed by atoms with Gasteiger partial charge in [0.05, 0.1) is 24.3 Å². The number of hydrogen-bond donors (Lipinski definition) is 1. The van der Waals surface area contributed by atoms with Gasteiger partial charge in [0.25, 0.3) is 0 Å². The second-order valence-electron chi connectivity index (χ2n) is 7.71. The lowest BCUT2D eigenvalue weighted by atomic mass is 9.57. The zero-order valence-corrected chi connectivity index (χ0v) is 16.4. The normalized spacial score (nSPS) is 23.4. The summed E-state index contributed by atoms with van der Waals surface area (Å²) in [5.41, 5.74) is 6.87. The zero-order valence-electron chi connectivity index (χ0n) is 16.4. The maximum Gasteiger partial charge on any atom is 0.224 e. The van der Waals surface area contributed by atoms with Crippen LogP contribution in [0.1, 0.15) is 38.8 Å². The lowest BCUT2D eigenvalue weighted by Gasteiger charge is -2.55. The monoisotopic (exact) mass is 365 g/mol. The Morgan fingerprint density at radius 2 is 1.81 bits per heavy atom. The molecule has 0 fully saturated rings. The van der Waals surface area contributed by atoms with Crippen LogP contribution < -0.4 is 15.4 Å². The van der Waals surface area contributed by atoms with E-state index in [4.69, 9.17) is 10.5 Å². The fourth-order valence-corrected chi connectivity index (χ4v) is 4.80. The molecule has 2 amide bonds. The van der Waals surface area contributed by atoms with Crippen molar-refractivity contribution < 1.29 is 14.3 Å². The number of nitrogens with two attached hydrogens (primary N) is 1. The van der Waals surface area contributed by atoms with Crippen LogP contribution in [-0.2, 0) is 15.0 Å². The van der Waals surface area contributed by atoms with Crippen molar-refractivity contribution in [1.29, 1.82) is 0 Å². The van der Waals surface area contributed by atoms with Crippen molar-refractivity contribution in [2.75, 3.05) is 12.0 Å². The standard InChI is InChI=1S/C22H25N2O3/c1-14(25)24-18-13-16(27-5)11-12-17(18)22(4,15-9-7-6-8-10-15)19(20(23)26)21(24,2)3/h6-10,12-13,19H,1-5H3,(H2,23,26). The Hall–Kier alpha value is -2.82. The Kier molecular flexibility index (Phi) is 4.50. The minimum Gasteiger partial charge on any atom is -0.496 e. The summed E-state index contributed by atoms with van der Waals surface area (Å²) < 4.78 is 5.34. The van der Waals surface area contributed by atoms with E-state index < -0.39 is 22.8 Å². The molecule has 3 rings (SSSR count). The van der Waals surface area contributed by atoms with E-state index in [-0.39, 0.29) is 5.91 Å². The Bertz CT molecular complexity index is 892. The summed E-state index contributed by atoms with van der Waals surface area (Å²) in [5, 5.41) is 0. The molecule has 5 nitrogen and oxygen atoms in total. The van der Waals surface area contributed by atoms with Gasteiger partial charge in [-0.05, 0) is 31.0 Å². The van der Waals surface area contributed by atoms with E-state index in [1.54, 1.807) is 18.1 Å². The Morgan fingerprint density at radius 1 is 1.19 bits per heavy atom. The lowest BCUT2D eigenvalue weighted by Crippen LogP contribution is -2.65. The molecule has 1 radical (unpaired) electrons. The molecule has 2 atom stereocenters. The number of fused-ring (bicyclic) bond motifs is 1. The fourth-order valence-electron chi connectivity index (χ4n) is 4.80. The molecule has 1 aliphatic rings. The minimum absolute atomic E-state index is 0.157. The number of nitrogens with zero attached hydrogens (tertiary/aromatic N) is 1. The molecule has 0 spiro atoms. The van der Waals surface area contributed by atoms with Crippen LogP contribution >= 0.6 is 0 Å². The predicted octanol–water partition coefficient (Wildman–Crippen LogP) is 3.05. The van der Waals surface area contributed by atoms with Crippen molar-refractivity contribution in [2.45, 2.75) is 38.6 Å². The number of carbonyl (C=O) groups excluding carboxylic acids is 2. The molecule has 2 aromatic carbocycles. The molecule has 0 bridgehead atoms. The molecule has 141 valence electrons. The molecular weight excluding hydrogens is 340 g/mol. The second kappa shape index (κ2) is 6.41. The van der Waals surface area contributed by atoms with Gasteiger partial charge in [-0.25, -0.2) is 0 Å². The summed E-state index contributed by atoms with van der Waals surface area (Å²) in [6, 6.07) is 16.5. The van der Waals surface area contributed by atoms with Crippen LogP contribution in [0.25, 0.3) is 0 Å². The van der Waals surface area contributed by atoms with Gasteiger partial charge in [0.1, 0.15) is 5.75 Å². The van der Waals surface area contributed by atoms with Crippen LogP contribution in [0.2, 0.25) is 0 Å². The van der Waals surface area contributed by atoms with Crippen molar-refractivity contribution in [3.8, 4) is 5.75 Å². The summed E-state index contributed by atoms with van der Waals surface area (Å²) in [6.07, 6.45) is 0. The van der Waals surface area contributed by atoms with Crippen molar-refractivity contribution in [3.63, 3.8) is 0 Å². The van der Waals surface area contributed by atoms with Gasteiger partial charge in [-0.15, -0.1) is 0 Å². The maximum absolute atomic E-state index is 12.7. The largest absolute Gasteiger partial charge is 0.496 e. The van der Waals surface area contributed by atoms with Crippen LogP contribution in [-0.4, -0.2) is 24.5 Å². The van der Waals surface area contributed by atoms with Gasteiger partial charge < -0.3 is 15.4 Å². The van der Waals surface area contributed by atoms with E-state index in [1.807, 2.05) is 57.2 Å². The zero-order chi connectivity index (χ0) is 20.0. The predicted molar refractivity (Wildman–Crippen MR) is 105 cm³/mol. The van der Waals surface area contributed by atoms with Gasteiger partial charge >= 0.3 is 0 Å². The Labute approximate surface area is 160 Å². The molecule has 2 unspecified atom stereocenters. The SMILES string of the molecule is COc1[c]cc2c(c1)N(C(C)=O)C(C)(C)C(C(N)=O)C2(C)c1ccccc1. The van der Waals surface area contributed by atoms with E-state index in [9.17, 15) is 9.59 Å². The number of benzene rings is 2. The maximum atomic E-state index is 12.7. The van der Waals surface area contributed by atoms with Crippen LogP contribution in [0.3, 0.4) is 0 Å². The van der Waals surface area contributed by atoms with E-state index in [2.05, 4.69) is 6.07 Å². The second-order valence-corrected chi connectivity index (χ2v) is 7.71. The average molecular weight is 365 g/mol. The molecule has 0 aliphatic carbocycles. The first kappa shape index (κ1) is 19.0. The highest BCUT2D eigenvalue weighted by atomic mass is 16.5. The van der Waals surface area contributed by atoms with Gasteiger partial charge in [-0.3, -0.25) is 9.59 Å². The molecule has 0 saturated heterocycles. The molecule has 27 heavy (non-hydrogen) atoms. The summed E-state index contributed by atoms with van der Waals surface area (Å²) >= 11 is 0. The van der Waals surface area contributed by atoms with E-state index in [1.165, 1.54) is 6.92 Å². The van der Waals surface area contributed by atoms with E-state index in [0.717, 1.165) is 11.1 Å². The van der Waals surface area contributed by atoms with E-state index >= 15 is 0 Å². The number of carbonyl (C=O) groups is 2. The number of ether oxygens (including phenoxy) is 1. The smallest absolute Gasteiger partial charge is 0.224 e. The topological polar surface area (TPSA) is 72.6 Å². The third-order valence-corrected chi connectivity index (χ3v) is 5.76. The Morgan fingerprint density at radius 3 is 2.33 bits per heavy atom. The van der Waals surface area contributed by atoms with Gasteiger partial charge in [0.2, 0.25) is 11.8 Å². The van der Waals surface area contributed by atoms with Crippen LogP contribution in [0.4, 0.5) is 5.69 Å². The Balaban J connectivity index is 2.43. The number of anilines is 1. The van der Waals surface area contributed by atoms with Crippen molar-refractivity contribution in [3.05, 3.63) is 59.7 Å². The van der Waals surface area contributed by atoms with Gasteiger partial charge in [0.15, 0.2) is 0 Å². The number of methoxy groups -OCH3 is 1. The summed E-state index contributed by atoms with van der Waals surface area (Å²) in [5.74, 6) is -0.704. The first-order valence-corrected chi connectivity index (χ1v) is 8.91. The third-order valence-electron chi connectivity index (χ3n) is 5.76. The van der Waals surface area contributed by atoms with Crippen LogP contribution in [0, 0.1) is 12.0 Å². The van der Waals surface area contributed by atoms with Gasteiger partial charge in [-0.2, -0.15) is 0 Å². The number of amides is 2. The van der Waals surface area contributed by atoms with Crippen molar-refractivity contribution in [1.82, 2.24) is 0 Å². The molecule has 2 aromatic rings. The highest BCUT2D eigenvalue weighted by Gasteiger charge is 2.57. The van der Waals surface area contributed by atoms with Crippen LogP contribution in [0.15, 0.2) is 42.5 Å². The molecule has 1 aliphatic heterocycles. The summed E-state index contributed by atoms with van der Waals surface area (Å²) in [4.78, 5) is 27.0. The van der Waals surface area contributed by atoms with Crippen molar-refractivity contribution >= 4 is 17.5 Å². The summed E-state index contributed by atoms with van der Waals surface area (Å²) in [7, 11) is 1.56. The minimum atomic E-state index is -0.832. The van der Waals surface area contributed by atoms with E-state index in [0.29, 0.717) is 11.4 Å². The number of rotatable bonds is 3. The third kappa shape index (κ3) is 2.69. The fraction of sp³-hybridized carbons (Fsp3) is 0.364. The quantitative estimate of drug-likeness (QED) is 0.909. The molecular formula is C22H25N2O3. The highest BCUT2D eigenvalue weighted by Crippen LogP contribution is 2.54. The molecule has 2 N–H and O–H groups in total. The molecule has 0 aromatic heterocycles.